The lowest BCUT2D eigenvalue weighted by Crippen LogP contribution is -2.23. The summed E-state index contributed by atoms with van der Waals surface area (Å²) in [5.74, 6) is -1.10. The first-order valence-corrected chi connectivity index (χ1v) is 4.53. The Morgan fingerprint density at radius 1 is 1.33 bits per heavy atom. The first kappa shape index (κ1) is 11.9. The van der Waals surface area contributed by atoms with E-state index in [2.05, 4.69) is 5.32 Å². The molecule has 0 bridgehead atoms. The van der Waals surface area contributed by atoms with E-state index in [1.54, 1.807) is 0 Å². The lowest BCUT2D eigenvalue weighted by atomic mass is 10.2. The molecule has 0 aliphatic rings. The van der Waals surface area contributed by atoms with Crippen LogP contribution in [0.1, 0.15) is 5.56 Å². The second-order valence-corrected chi connectivity index (χ2v) is 3.30. The van der Waals surface area contributed by atoms with Crippen LogP contribution in [0, 0.1) is 18.6 Å². The van der Waals surface area contributed by atoms with Crippen molar-refractivity contribution >= 4 is 5.69 Å². The smallest absolute Gasteiger partial charge is 0.146 e. The molecule has 1 rings (SSSR count). The SMILES string of the molecule is Cc1cc(F)c(NCC(O)CO)cc1F. The number of anilines is 1. The molecule has 1 aromatic rings. The van der Waals surface area contributed by atoms with Gasteiger partial charge in [-0.2, -0.15) is 0 Å². The topological polar surface area (TPSA) is 52.5 Å². The van der Waals surface area contributed by atoms with Crippen LogP contribution in [-0.2, 0) is 0 Å². The van der Waals surface area contributed by atoms with Gasteiger partial charge in [-0.05, 0) is 18.6 Å². The molecule has 0 saturated heterocycles. The molecule has 0 aliphatic heterocycles. The zero-order valence-corrected chi connectivity index (χ0v) is 8.30. The molecule has 5 heteroatoms. The van der Waals surface area contributed by atoms with Gasteiger partial charge < -0.3 is 15.5 Å². The Bertz CT molecular complexity index is 344. The van der Waals surface area contributed by atoms with Crippen LogP contribution >= 0.6 is 0 Å². The molecular weight excluding hydrogens is 204 g/mol. The van der Waals surface area contributed by atoms with Crippen LogP contribution in [0.3, 0.4) is 0 Å². The second-order valence-electron chi connectivity index (χ2n) is 3.30. The van der Waals surface area contributed by atoms with Gasteiger partial charge in [0, 0.05) is 12.6 Å². The van der Waals surface area contributed by atoms with Gasteiger partial charge in [0.05, 0.1) is 18.4 Å². The molecule has 1 aromatic carbocycles. The van der Waals surface area contributed by atoms with E-state index in [0.717, 1.165) is 12.1 Å². The maximum atomic E-state index is 13.2. The number of hydrogen-bond acceptors (Lipinski definition) is 3. The molecule has 3 N–H and O–H groups in total. The molecule has 0 fully saturated rings. The standard InChI is InChI=1S/C10H13F2NO2/c1-6-2-9(12)10(3-8(6)11)13-4-7(15)5-14/h2-3,7,13-15H,4-5H2,1H3. The Kier molecular flexibility index (Phi) is 3.99. The molecule has 0 amide bonds. The van der Waals surface area contributed by atoms with Gasteiger partial charge in [0.15, 0.2) is 0 Å². The fraction of sp³-hybridized carbons (Fsp3) is 0.400. The number of benzene rings is 1. The van der Waals surface area contributed by atoms with Crippen molar-refractivity contribution in [3.63, 3.8) is 0 Å². The van der Waals surface area contributed by atoms with E-state index in [0.29, 0.717) is 0 Å². The van der Waals surface area contributed by atoms with E-state index in [9.17, 15) is 8.78 Å². The molecule has 1 atom stereocenters. The molecule has 0 spiro atoms. The zero-order chi connectivity index (χ0) is 11.4. The van der Waals surface area contributed by atoms with E-state index < -0.39 is 24.3 Å². The van der Waals surface area contributed by atoms with Gasteiger partial charge in [0.25, 0.3) is 0 Å². The van der Waals surface area contributed by atoms with Crippen LogP contribution in [-0.4, -0.2) is 29.5 Å². The Morgan fingerprint density at radius 2 is 2.00 bits per heavy atom. The third kappa shape index (κ3) is 3.14. The number of halogens is 2. The summed E-state index contributed by atoms with van der Waals surface area (Å²) >= 11 is 0. The van der Waals surface area contributed by atoms with Crippen LogP contribution in [0.15, 0.2) is 12.1 Å². The summed E-state index contributed by atoms with van der Waals surface area (Å²) in [7, 11) is 0. The number of aliphatic hydroxyl groups is 2. The highest BCUT2D eigenvalue weighted by Gasteiger charge is 2.08. The molecule has 0 heterocycles. The van der Waals surface area contributed by atoms with Crippen molar-refractivity contribution in [1.82, 2.24) is 0 Å². The quantitative estimate of drug-likeness (QED) is 0.706. The third-order valence-electron chi connectivity index (χ3n) is 1.99. The number of rotatable bonds is 4. The summed E-state index contributed by atoms with van der Waals surface area (Å²) in [4.78, 5) is 0. The number of hydrogen-bond donors (Lipinski definition) is 3. The molecule has 1 unspecified atom stereocenters. The Balaban J connectivity index is 2.73. The predicted molar refractivity (Wildman–Crippen MR) is 52.7 cm³/mol. The van der Waals surface area contributed by atoms with E-state index in [1.165, 1.54) is 6.92 Å². The van der Waals surface area contributed by atoms with E-state index >= 15 is 0 Å². The third-order valence-corrected chi connectivity index (χ3v) is 1.99. The second kappa shape index (κ2) is 5.04. The monoisotopic (exact) mass is 217 g/mol. The summed E-state index contributed by atoms with van der Waals surface area (Å²) in [6.07, 6.45) is -0.992. The van der Waals surface area contributed by atoms with Crippen molar-refractivity contribution < 1.29 is 19.0 Å². The van der Waals surface area contributed by atoms with Gasteiger partial charge >= 0.3 is 0 Å². The number of aryl methyl sites for hydroxylation is 1. The average molecular weight is 217 g/mol. The first-order chi connectivity index (χ1) is 7.04. The average Bonchev–Trinajstić information content (AvgIpc) is 2.21. The minimum Gasteiger partial charge on any atom is -0.394 e. The normalized spacial score (nSPS) is 12.6. The largest absolute Gasteiger partial charge is 0.394 e. The molecule has 0 saturated carbocycles. The molecular formula is C10H13F2NO2. The fourth-order valence-corrected chi connectivity index (χ4v) is 1.07. The first-order valence-electron chi connectivity index (χ1n) is 4.53. The highest BCUT2D eigenvalue weighted by atomic mass is 19.1. The summed E-state index contributed by atoms with van der Waals surface area (Å²) in [6.45, 7) is 1.00. The number of aliphatic hydroxyl groups excluding tert-OH is 2. The van der Waals surface area contributed by atoms with Gasteiger partial charge in [-0.3, -0.25) is 0 Å². The molecule has 0 aromatic heterocycles. The van der Waals surface area contributed by atoms with Crippen molar-refractivity contribution in [1.29, 1.82) is 0 Å². The van der Waals surface area contributed by atoms with Crippen molar-refractivity contribution in [2.45, 2.75) is 13.0 Å². The Hall–Kier alpha value is -1.20. The van der Waals surface area contributed by atoms with Gasteiger partial charge in [0.1, 0.15) is 11.6 Å². The van der Waals surface area contributed by atoms with Crippen molar-refractivity contribution in [2.75, 3.05) is 18.5 Å². The minimum atomic E-state index is -0.992. The highest BCUT2D eigenvalue weighted by Crippen LogP contribution is 2.18. The predicted octanol–water partition coefficient (Wildman–Crippen LogP) is 1.04. The highest BCUT2D eigenvalue weighted by molar-refractivity contribution is 5.46. The van der Waals surface area contributed by atoms with Crippen LogP contribution in [0.5, 0.6) is 0 Å². The van der Waals surface area contributed by atoms with Crippen LogP contribution in [0.25, 0.3) is 0 Å². The summed E-state index contributed by atoms with van der Waals surface area (Å²) in [5, 5.41) is 20.0. The summed E-state index contributed by atoms with van der Waals surface area (Å²) in [6, 6.07) is 2.09. The molecule has 0 aliphatic carbocycles. The fourth-order valence-electron chi connectivity index (χ4n) is 1.07. The van der Waals surface area contributed by atoms with Gasteiger partial charge in [-0.25, -0.2) is 8.78 Å². The Morgan fingerprint density at radius 3 is 2.60 bits per heavy atom. The van der Waals surface area contributed by atoms with Gasteiger partial charge in [-0.1, -0.05) is 0 Å². The molecule has 0 radical (unpaired) electrons. The number of nitrogens with one attached hydrogen (secondary N) is 1. The minimum absolute atomic E-state index is 0.0226. The van der Waals surface area contributed by atoms with Crippen molar-refractivity contribution in [3.05, 3.63) is 29.3 Å². The van der Waals surface area contributed by atoms with Crippen LogP contribution in [0.4, 0.5) is 14.5 Å². The van der Waals surface area contributed by atoms with E-state index in [1.807, 2.05) is 0 Å². The Labute approximate surface area is 86.4 Å². The van der Waals surface area contributed by atoms with E-state index in [4.69, 9.17) is 10.2 Å². The maximum Gasteiger partial charge on any atom is 0.146 e. The van der Waals surface area contributed by atoms with Crippen molar-refractivity contribution in [3.8, 4) is 0 Å². The zero-order valence-electron chi connectivity index (χ0n) is 8.30. The van der Waals surface area contributed by atoms with Crippen molar-refractivity contribution in [2.24, 2.45) is 0 Å². The van der Waals surface area contributed by atoms with Crippen LogP contribution < -0.4 is 5.32 Å². The van der Waals surface area contributed by atoms with E-state index in [-0.39, 0.29) is 17.8 Å². The van der Waals surface area contributed by atoms with Crippen LogP contribution in [0.2, 0.25) is 0 Å². The van der Waals surface area contributed by atoms with Gasteiger partial charge in [-0.15, -0.1) is 0 Å². The molecule has 84 valence electrons. The summed E-state index contributed by atoms with van der Waals surface area (Å²) < 4.78 is 26.3. The molecule has 15 heavy (non-hydrogen) atoms. The molecule has 3 nitrogen and oxygen atoms in total. The lowest BCUT2D eigenvalue weighted by Gasteiger charge is -2.11. The lowest BCUT2D eigenvalue weighted by molar-refractivity contribution is 0.105. The van der Waals surface area contributed by atoms with Gasteiger partial charge in [0.2, 0.25) is 0 Å². The summed E-state index contributed by atoms with van der Waals surface area (Å²) in [5.41, 5.74) is 0.200. The maximum absolute atomic E-state index is 13.2.